The first-order chi connectivity index (χ1) is 18.9. The van der Waals surface area contributed by atoms with Crippen molar-refractivity contribution in [2.75, 3.05) is 29.7 Å². The SMILES string of the molecule is CCOc1cncc(-c2ccc(NC(=O)C3(c4cc(NS(=O)(=O)C5CC5)ncn4)CC4CNCC4C3)cc2)n1. The van der Waals surface area contributed by atoms with Crippen molar-refractivity contribution in [3.05, 3.63) is 54.7 Å². The molecule has 2 unspecified atom stereocenters. The molecule has 0 spiro atoms. The molecule has 1 aromatic carbocycles. The summed E-state index contributed by atoms with van der Waals surface area (Å²) in [6.07, 6.45) is 7.14. The number of rotatable bonds is 9. The molecule has 3 N–H and O–H groups in total. The highest BCUT2D eigenvalue weighted by Gasteiger charge is 2.53. The van der Waals surface area contributed by atoms with Gasteiger partial charge in [-0.2, -0.15) is 0 Å². The molecular formula is C27H31N7O4S. The van der Waals surface area contributed by atoms with Gasteiger partial charge in [0, 0.05) is 17.3 Å². The van der Waals surface area contributed by atoms with E-state index in [1.807, 2.05) is 31.2 Å². The summed E-state index contributed by atoms with van der Waals surface area (Å²) in [7, 11) is -3.49. The van der Waals surface area contributed by atoms with Crippen molar-refractivity contribution in [2.45, 2.75) is 43.3 Å². The number of anilines is 2. The van der Waals surface area contributed by atoms with Gasteiger partial charge in [0.25, 0.3) is 0 Å². The Bertz CT molecular complexity index is 1470. The minimum Gasteiger partial charge on any atom is -0.477 e. The lowest BCUT2D eigenvalue weighted by atomic mass is 9.79. The molecule has 1 amide bonds. The van der Waals surface area contributed by atoms with E-state index in [1.54, 1.807) is 18.5 Å². The van der Waals surface area contributed by atoms with Crippen molar-refractivity contribution < 1.29 is 17.9 Å². The molecule has 3 heterocycles. The minimum absolute atomic E-state index is 0.155. The van der Waals surface area contributed by atoms with Crippen LogP contribution < -0.4 is 20.1 Å². The third-order valence-corrected chi connectivity index (χ3v) is 9.69. The Hall–Kier alpha value is -3.64. The average molecular weight is 550 g/mol. The third-order valence-electron chi connectivity index (χ3n) is 7.85. The van der Waals surface area contributed by atoms with Gasteiger partial charge < -0.3 is 15.4 Å². The van der Waals surface area contributed by atoms with E-state index >= 15 is 0 Å². The highest BCUT2D eigenvalue weighted by molar-refractivity contribution is 7.93. The zero-order valence-electron chi connectivity index (χ0n) is 21.6. The van der Waals surface area contributed by atoms with Crippen molar-refractivity contribution in [3.8, 4) is 17.1 Å². The fraction of sp³-hybridized carbons (Fsp3) is 0.444. The topological polar surface area (TPSA) is 148 Å². The molecule has 0 bridgehead atoms. The molecule has 3 aliphatic rings. The van der Waals surface area contributed by atoms with E-state index < -0.39 is 15.4 Å². The standard InChI is InChI=1S/C27H31N7O4S/c1-2-38-25-15-29-14-22(33-25)17-3-5-20(6-4-17)32-26(35)27(10-18-12-28-13-19(18)11-27)23-9-24(31-16-30-23)34-39(36,37)21-7-8-21/h3-6,9,14-16,18-19,21,28H,2,7-8,10-13H2,1H3,(H,32,35)(H,30,31,34). The van der Waals surface area contributed by atoms with Gasteiger partial charge in [0.2, 0.25) is 21.8 Å². The maximum atomic E-state index is 14.0. The van der Waals surface area contributed by atoms with E-state index in [4.69, 9.17) is 4.74 Å². The van der Waals surface area contributed by atoms with Crippen molar-refractivity contribution in [1.29, 1.82) is 0 Å². The van der Waals surface area contributed by atoms with Crippen molar-refractivity contribution >= 4 is 27.4 Å². The molecule has 39 heavy (non-hydrogen) atoms. The van der Waals surface area contributed by atoms with Crippen LogP contribution in [0.1, 0.15) is 38.3 Å². The number of aromatic nitrogens is 4. The van der Waals surface area contributed by atoms with Crippen LogP contribution in [0.2, 0.25) is 0 Å². The number of hydrogen-bond acceptors (Lipinski definition) is 9. The van der Waals surface area contributed by atoms with Crippen LogP contribution in [-0.2, 0) is 20.2 Å². The summed E-state index contributed by atoms with van der Waals surface area (Å²) < 4.78 is 33.1. The van der Waals surface area contributed by atoms with Gasteiger partial charge in [-0.3, -0.25) is 14.5 Å². The molecule has 2 aliphatic carbocycles. The van der Waals surface area contributed by atoms with Gasteiger partial charge in [-0.25, -0.2) is 23.4 Å². The zero-order chi connectivity index (χ0) is 27.0. The Labute approximate surface area is 227 Å². The molecule has 1 saturated heterocycles. The van der Waals surface area contributed by atoms with E-state index in [0.29, 0.717) is 67.1 Å². The van der Waals surface area contributed by atoms with Crippen LogP contribution in [0.3, 0.4) is 0 Å². The van der Waals surface area contributed by atoms with E-state index in [-0.39, 0.29) is 17.0 Å². The fourth-order valence-corrected chi connectivity index (χ4v) is 7.04. The van der Waals surface area contributed by atoms with Gasteiger partial charge in [-0.05, 0) is 69.7 Å². The van der Waals surface area contributed by atoms with Crippen molar-refractivity contribution in [2.24, 2.45) is 11.8 Å². The van der Waals surface area contributed by atoms with Gasteiger partial charge >= 0.3 is 0 Å². The summed E-state index contributed by atoms with van der Waals surface area (Å²) in [6, 6.07) is 9.06. The molecule has 0 radical (unpaired) electrons. The number of carbonyl (C=O) groups excluding carboxylic acids is 1. The number of nitrogens with zero attached hydrogens (tertiary/aromatic N) is 4. The van der Waals surface area contributed by atoms with E-state index in [0.717, 1.165) is 18.7 Å². The lowest BCUT2D eigenvalue weighted by Gasteiger charge is -2.29. The Kier molecular flexibility index (Phi) is 6.67. The number of fused-ring (bicyclic) bond motifs is 1. The number of ether oxygens (including phenoxy) is 1. The molecule has 1 aliphatic heterocycles. The summed E-state index contributed by atoms with van der Waals surface area (Å²) in [5.41, 5.74) is 1.82. The Balaban J connectivity index is 1.25. The van der Waals surface area contributed by atoms with Crippen LogP contribution in [0.5, 0.6) is 5.88 Å². The van der Waals surface area contributed by atoms with Crippen LogP contribution in [0.25, 0.3) is 11.3 Å². The van der Waals surface area contributed by atoms with Crippen LogP contribution >= 0.6 is 0 Å². The van der Waals surface area contributed by atoms with E-state index in [9.17, 15) is 13.2 Å². The molecule has 2 aromatic heterocycles. The van der Waals surface area contributed by atoms with Crippen molar-refractivity contribution in [3.63, 3.8) is 0 Å². The number of benzene rings is 1. The fourth-order valence-electron chi connectivity index (χ4n) is 5.72. The number of nitrogens with one attached hydrogen (secondary N) is 3. The molecule has 6 rings (SSSR count). The molecule has 11 nitrogen and oxygen atoms in total. The molecule has 2 saturated carbocycles. The van der Waals surface area contributed by atoms with Crippen LogP contribution in [-0.4, -0.2) is 59.2 Å². The van der Waals surface area contributed by atoms with Gasteiger partial charge in [0.1, 0.15) is 12.1 Å². The number of carbonyl (C=O) groups is 1. The maximum absolute atomic E-state index is 14.0. The molecule has 2 atom stereocenters. The Morgan fingerprint density at radius 2 is 1.85 bits per heavy atom. The minimum atomic E-state index is -3.49. The second kappa shape index (κ2) is 10.2. The lowest BCUT2D eigenvalue weighted by molar-refractivity contribution is -0.121. The first kappa shape index (κ1) is 25.6. The third kappa shape index (κ3) is 5.18. The van der Waals surface area contributed by atoms with Gasteiger partial charge in [-0.15, -0.1) is 0 Å². The van der Waals surface area contributed by atoms with Crippen molar-refractivity contribution in [1.82, 2.24) is 25.3 Å². The average Bonchev–Trinajstić information content (AvgIpc) is 3.61. The first-order valence-electron chi connectivity index (χ1n) is 13.3. The van der Waals surface area contributed by atoms with E-state index in [2.05, 4.69) is 35.3 Å². The molecule has 204 valence electrons. The summed E-state index contributed by atoms with van der Waals surface area (Å²) in [4.78, 5) is 31.3. The first-order valence-corrected chi connectivity index (χ1v) is 14.8. The summed E-state index contributed by atoms with van der Waals surface area (Å²) in [5.74, 6) is 1.19. The van der Waals surface area contributed by atoms with Crippen LogP contribution in [0, 0.1) is 11.8 Å². The summed E-state index contributed by atoms with van der Waals surface area (Å²) in [6.45, 7) is 4.09. The Morgan fingerprint density at radius 3 is 2.54 bits per heavy atom. The predicted molar refractivity (Wildman–Crippen MR) is 146 cm³/mol. The molecule has 3 fully saturated rings. The predicted octanol–water partition coefficient (Wildman–Crippen LogP) is 2.74. The quantitative estimate of drug-likeness (QED) is 0.366. The van der Waals surface area contributed by atoms with Gasteiger partial charge in [-0.1, -0.05) is 12.1 Å². The second-order valence-corrected chi connectivity index (χ2v) is 12.5. The molecular weight excluding hydrogens is 518 g/mol. The lowest BCUT2D eigenvalue weighted by Crippen LogP contribution is -2.40. The van der Waals surface area contributed by atoms with E-state index in [1.165, 1.54) is 6.33 Å². The largest absolute Gasteiger partial charge is 0.477 e. The Morgan fingerprint density at radius 1 is 1.10 bits per heavy atom. The molecule has 3 aromatic rings. The number of sulfonamides is 1. The highest BCUT2D eigenvalue weighted by Crippen LogP contribution is 2.49. The number of amides is 1. The maximum Gasteiger partial charge on any atom is 0.236 e. The van der Waals surface area contributed by atoms with Crippen LogP contribution in [0.15, 0.2) is 49.1 Å². The zero-order valence-corrected chi connectivity index (χ0v) is 22.4. The van der Waals surface area contributed by atoms with Crippen LogP contribution in [0.4, 0.5) is 11.5 Å². The summed E-state index contributed by atoms with van der Waals surface area (Å²) >= 11 is 0. The van der Waals surface area contributed by atoms with Gasteiger partial charge in [0.15, 0.2) is 0 Å². The number of hydrogen-bond donors (Lipinski definition) is 3. The normalized spacial score (nSPS) is 24.2. The second-order valence-electron chi connectivity index (χ2n) is 10.5. The highest BCUT2D eigenvalue weighted by atomic mass is 32.2. The monoisotopic (exact) mass is 549 g/mol. The molecule has 12 heteroatoms. The smallest absolute Gasteiger partial charge is 0.236 e. The van der Waals surface area contributed by atoms with Gasteiger partial charge in [0.05, 0.1) is 41.1 Å². The summed E-state index contributed by atoms with van der Waals surface area (Å²) in [5, 5.41) is 6.15.